The van der Waals surface area contributed by atoms with Crippen LogP contribution in [0.5, 0.6) is 11.5 Å². The first-order valence-electron chi connectivity index (χ1n) is 10.0. The summed E-state index contributed by atoms with van der Waals surface area (Å²) in [5.74, 6) is 0.310. The molecule has 5 nitrogen and oxygen atoms in total. The Kier molecular flexibility index (Phi) is 8.39. The van der Waals surface area contributed by atoms with Gasteiger partial charge in [0, 0.05) is 18.1 Å². The van der Waals surface area contributed by atoms with E-state index in [-0.39, 0.29) is 23.5 Å². The molecule has 0 N–H and O–H groups in total. The fourth-order valence-electron chi connectivity index (χ4n) is 3.57. The van der Waals surface area contributed by atoms with Crippen molar-refractivity contribution in [2.75, 3.05) is 27.6 Å². The van der Waals surface area contributed by atoms with Crippen molar-refractivity contribution in [1.29, 1.82) is 0 Å². The average molecular weight is 475 g/mol. The minimum absolute atomic E-state index is 0.0291. The Morgan fingerprint density at radius 1 is 1.00 bits per heavy atom. The molecular weight excluding hydrogens is 451 g/mol. The number of hydrogen-bond acceptors (Lipinski definition) is 5. The van der Waals surface area contributed by atoms with E-state index < -0.39 is 5.97 Å². The van der Waals surface area contributed by atoms with Crippen LogP contribution in [0.1, 0.15) is 23.6 Å². The molecule has 0 aliphatic carbocycles. The van der Waals surface area contributed by atoms with Crippen LogP contribution < -0.4 is 9.47 Å². The predicted molar refractivity (Wildman–Crippen MR) is 128 cm³/mol. The fourth-order valence-corrected chi connectivity index (χ4v) is 3.92. The SMILES string of the molecule is CCOC(=O)C(=C(Cl)Cl)c1cc(OC)c(OCOC)c2c(Cc3ccccc3)cccc12. The quantitative estimate of drug-likeness (QED) is 0.212. The average Bonchev–Trinajstić information content (AvgIpc) is 2.79. The van der Waals surface area contributed by atoms with Gasteiger partial charge in [-0.3, -0.25) is 0 Å². The van der Waals surface area contributed by atoms with Crippen molar-refractivity contribution in [2.24, 2.45) is 0 Å². The van der Waals surface area contributed by atoms with Gasteiger partial charge in [-0.25, -0.2) is 4.79 Å². The zero-order valence-corrected chi connectivity index (χ0v) is 19.6. The minimum Gasteiger partial charge on any atom is -0.493 e. The van der Waals surface area contributed by atoms with Crippen molar-refractivity contribution < 1.29 is 23.7 Å². The van der Waals surface area contributed by atoms with Crippen LogP contribution in [-0.4, -0.2) is 33.6 Å². The number of ether oxygens (including phenoxy) is 4. The van der Waals surface area contributed by atoms with E-state index in [1.807, 2.05) is 36.4 Å². The van der Waals surface area contributed by atoms with Gasteiger partial charge in [-0.15, -0.1) is 0 Å². The van der Waals surface area contributed by atoms with Crippen molar-refractivity contribution in [3.63, 3.8) is 0 Å². The monoisotopic (exact) mass is 474 g/mol. The highest BCUT2D eigenvalue weighted by Crippen LogP contribution is 2.44. The molecule has 0 aliphatic heterocycles. The molecule has 0 aliphatic rings. The van der Waals surface area contributed by atoms with Gasteiger partial charge in [0.05, 0.1) is 19.3 Å². The molecule has 7 heteroatoms. The Bertz CT molecular complexity index is 1120. The molecule has 0 bridgehead atoms. The molecule has 0 aromatic heterocycles. The van der Waals surface area contributed by atoms with Crippen molar-refractivity contribution in [3.8, 4) is 11.5 Å². The molecule has 0 spiro atoms. The number of esters is 1. The lowest BCUT2D eigenvalue weighted by molar-refractivity contribution is -0.136. The molecular formula is C25H24Cl2O5. The fraction of sp³-hybridized carbons (Fsp3) is 0.240. The summed E-state index contributed by atoms with van der Waals surface area (Å²) in [6.07, 6.45) is 0.640. The number of carbonyl (C=O) groups excluding carboxylic acids is 1. The van der Waals surface area contributed by atoms with E-state index in [9.17, 15) is 4.79 Å². The molecule has 0 saturated carbocycles. The van der Waals surface area contributed by atoms with E-state index in [0.29, 0.717) is 23.5 Å². The van der Waals surface area contributed by atoms with E-state index in [4.69, 9.17) is 42.1 Å². The lowest BCUT2D eigenvalue weighted by Crippen LogP contribution is -2.09. The van der Waals surface area contributed by atoms with Crippen molar-refractivity contribution in [2.45, 2.75) is 13.3 Å². The maximum atomic E-state index is 12.7. The lowest BCUT2D eigenvalue weighted by atomic mass is 9.92. The topological polar surface area (TPSA) is 54.0 Å². The lowest BCUT2D eigenvalue weighted by Gasteiger charge is -2.19. The summed E-state index contributed by atoms with van der Waals surface area (Å²) >= 11 is 12.3. The van der Waals surface area contributed by atoms with Crippen LogP contribution in [0.2, 0.25) is 0 Å². The summed E-state index contributed by atoms with van der Waals surface area (Å²) in [5, 5.41) is 1.51. The van der Waals surface area contributed by atoms with Gasteiger partial charge in [0.2, 0.25) is 0 Å². The summed E-state index contributed by atoms with van der Waals surface area (Å²) in [4.78, 5) is 12.7. The van der Waals surface area contributed by atoms with E-state index in [2.05, 4.69) is 12.1 Å². The summed E-state index contributed by atoms with van der Waals surface area (Å²) in [5.41, 5.74) is 2.66. The van der Waals surface area contributed by atoms with Gasteiger partial charge >= 0.3 is 5.97 Å². The zero-order chi connectivity index (χ0) is 23.1. The third kappa shape index (κ3) is 5.18. The molecule has 0 unspecified atom stereocenters. The Hall–Kier alpha value is -2.73. The maximum Gasteiger partial charge on any atom is 0.341 e. The first kappa shape index (κ1) is 23.9. The summed E-state index contributed by atoms with van der Waals surface area (Å²) in [6.45, 7) is 1.93. The highest BCUT2D eigenvalue weighted by molar-refractivity contribution is 6.61. The van der Waals surface area contributed by atoms with Gasteiger partial charge in [-0.2, -0.15) is 0 Å². The van der Waals surface area contributed by atoms with Gasteiger partial charge in [-0.1, -0.05) is 71.7 Å². The van der Waals surface area contributed by atoms with E-state index in [0.717, 1.165) is 21.9 Å². The molecule has 3 aromatic carbocycles. The number of halogens is 2. The standard InChI is InChI=1S/C25H24Cl2O5/c1-4-31-25(28)22(24(26)27)19-14-20(30-3)23(32-15-29-2)21-17(11-8-12-18(19)21)13-16-9-6-5-7-10-16/h5-12,14H,4,13,15H2,1-3H3. The summed E-state index contributed by atoms with van der Waals surface area (Å²) in [6, 6.07) is 17.5. The highest BCUT2D eigenvalue weighted by Gasteiger charge is 2.25. The second-order valence-electron chi connectivity index (χ2n) is 6.86. The van der Waals surface area contributed by atoms with Crippen LogP contribution in [0.4, 0.5) is 0 Å². The van der Waals surface area contributed by atoms with E-state index in [1.54, 1.807) is 20.1 Å². The molecule has 3 rings (SSSR count). The normalized spacial score (nSPS) is 10.7. The molecule has 168 valence electrons. The first-order chi connectivity index (χ1) is 15.5. The van der Waals surface area contributed by atoms with Crippen molar-refractivity contribution in [3.05, 3.63) is 75.8 Å². The Morgan fingerprint density at radius 2 is 1.75 bits per heavy atom. The Balaban J connectivity index is 2.34. The molecule has 3 aromatic rings. The first-order valence-corrected chi connectivity index (χ1v) is 10.8. The van der Waals surface area contributed by atoms with Crippen molar-refractivity contribution in [1.82, 2.24) is 0 Å². The summed E-state index contributed by atoms with van der Waals surface area (Å²) in [7, 11) is 3.07. The van der Waals surface area contributed by atoms with Crippen LogP contribution in [0.15, 0.2) is 59.1 Å². The Labute approximate surface area is 197 Å². The molecule has 0 heterocycles. The third-order valence-electron chi connectivity index (χ3n) is 4.88. The molecule has 32 heavy (non-hydrogen) atoms. The van der Waals surface area contributed by atoms with Gasteiger partial charge in [-0.05, 0) is 35.9 Å². The van der Waals surface area contributed by atoms with Gasteiger partial charge in [0.15, 0.2) is 18.3 Å². The summed E-state index contributed by atoms with van der Waals surface area (Å²) < 4.78 is 21.7. The number of rotatable bonds is 9. The second-order valence-corrected chi connectivity index (χ2v) is 7.81. The van der Waals surface area contributed by atoms with Crippen LogP contribution in [0, 0.1) is 0 Å². The molecule has 0 fully saturated rings. The van der Waals surface area contributed by atoms with Gasteiger partial charge in [0.1, 0.15) is 4.49 Å². The van der Waals surface area contributed by atoms with Crippen LogP contribution in [0.25, 0.3) is 16.3 Å². The largest absolute Gasteiger partial charge is 0.493 e. The zero-order valence-electron chi connectivity index (χ0n) is 18.1. The Morgan fingerprint density at radius 3 is 2.38 bits per heavy atom. The van der Waals surface area contributed by atoms with Crippen LogP contribution >= 0.6 is 23.2 Å². The molecule has 0 radical (unpaired) electrons. The van der Waals surface area contributed by atoms with Gasteiger partial charge < -0.3 is 18.9 Å². The number of methoxy groups -OCH3 is 2. The van der Waals surface area contributed by atoms with Crippen molar-refractivity contribution >= 4 is 45.5 Å². The molecule has 0 saturated heterocycles. The third-order valence-corrected chi connectivity index (χ3v) is 5.26. The predicted octanol–water partition coefficient (Wildman–Crippen LogP) is 6.13. The minimum atomic E-state index is -0.616. The van der Waals surface area contributed by atoms with Gasteiger partial charge in [0.25, 0.3) is 0 Å². The smallest absolute Gasteiger partial charge is 0.341 e. The number of fused-ring (bicyclic) bond motifs is 1. The number of benzene rings is 3. The number of hydrogen-bond donors (Lipinski definition) is 0. The van der Waals surface area contributed by atoms with E-state index in [1.165, 1.54) is 7.11 Å². The van der Waals surface area contributed by atoms with Crippen LogP contribution in [0.3, 0.4) is 0 Å². The maximum absolute atomic E-state index is 12.7. The number of carbonyl (C=O) groups is 1. The van der Waals surface area contributed by atoms with Crippen LogP contribution in [-0.2, 0) is 20.7 Å². The highest BCUT2D eigenvalue weighted by atomic mass is 35.5. The second kappa shape index (κ2) is 11.2. The molecule has 0 amide bonds. The van der Waals surface area contributed by atoms with E-state index >= 15 is 0 Å². The molecule has 0 atom stereocenters.